The molecule has 0 aromatic heterocycles. The zero-order chi connectivity index (χ0) is 29.0. The van der Waals surface area contributed by atoms with Crippen molar-refractivity contribution in [1.82, 2.24) is 0 Å². The van der Waals surface area contributed by atoms with E-state index in [1.165, 1.54) is 0 Å². The van der Waals surface area contributed by atoms with Crippen molar-refractivity contribution < 1.29 is 4.57 Å². The SMILES string of the molecule is CP1(=O)N(c2cccc3cccc(-c4ccccc4)c23)c2ccccc2N1c1cccc2cccc(-c3ccccc3)c12. The molecule has 1 aliphatic rings. The van der Waals surface area contributed by atoms with Crippen molar-refractivity contribution in [2.24, 2.45) is 0 Å². The van der Waals surface area contributed by atoms with E-state index in [0.29, 0.717) is 0 Å². The Morgan fingerprint density at radius 2 is 0.744 bits per heavy atom. The number of hydrogen-bond donors (Lipinski definition) is 0. The second-order valence-electron chi connectivity index (χ2n) is 11.0. The van der Waals surface area contributed by atoms with Crippen LogP contribution in [0.3, 0.4) is 0 Å². The fourth-order valence-electron chi connectivity index (χ4n) is 6.68. The van der Waals surface area contributed by atoms with Crippen LogP contribution < -0.4 is 9.34 Å². The van der Waals surface area contributed by atoms with E-state index < -0.39 is 7.44 Å². The summed E-state index contributed by atoms with van der Waals surface area (Å²) >= 11 is 0. The van der Waals surface area contributed by atoms with Crippen molar-refractivity contribution in [2.75, 3.05) is 16.0 Å². The topological polar surface area (TPSA) is 23.6 Å². The molecule has 1 aliphatic heterocycles. The Kier molecular flexibility index (Phi) is 5.96. The number of rotatable bonds is 4. The average Bonchev–Trinajstić information content (AvgIpc) is 3.30. The molecule has 7 aromatic carbocycles. The van der Waals surface area contributed by atoms with E-state index in [-0.39, 0.29) is 0 Å². The number of anilines is 4. The zero-order valence-corrected chi connectivity index (χ0v) is 24.7. The fraction of sp³-hybridized carbons (Fsp3) is 0.0256. The Morgan fingerprint density at radius 3 is 1.16 bits per heavy atom. The first-order chi connectivity index (χ1) is 21.1. The molecule has 3 nitrogen and oxygen atoms in total. The molecule has 4 heteroatoms. The van der Waals surface area contributed by atoms with E-state index in [1.807, 2.05) is 30.9 Å². The van der Waals surface area contributed by atoms with Gasteiger partial charge in [-0.25, -0.2) is 0 Å². The standard InChI is InChI=1S/C39H29N2OP/c1-43(42)40(36-26-12-20-30-18-10-22-32(38(30)36)28-14-4-2-5-15-28)34-24-8-9-25-35(34)41(43)37-27-13-21-31-19-11-23-33(39(31)37)29-16-6-3-7-17-29/h2-27H,1H3. The lowest BCUT2D eigenvalue weighted by molar-refractivity contribution is 0.580. The first-order valence-corrected chi connectivity index (χ1v) is 16.6. The van der Waals surface area contributed by atoms with Crippen LogP contribution >= 0.6 is 7.44 Å². The summed E-state index contributed by atoms with van der Waals surface area (Å²) in [5.74, 6) is 0. The fourth-order valence-corrected chi connectivity index (χ4v) is 9.13. The van der Waals surface area contributed by atoms with Crippen LogP contribution in [0.25, 0.3) is 43.8 Å². The third kappa shape index (κ3) is 4.00. The molecule has 0 N–H and O–H groups in total. The lowest BCUT2D eigenvalue weighted by Crippen LogP contribution is -2.17. The van der Waals surface area contributed by atoms with E-state index in [1.54, 1.807) is 0 Å². The summed E-state index contributed by atoms with van der Waals surface area (Å²) < 4.78 is 19.8. The average molecular weight is 573 g/mol. The van der Waals surface area contributed by atoms with Crippen molar-refractivity contribution in [2.45, 2.75) is 0 Å². The molecule has 43 heavy (non-hydrogen) atoms. The van der Waals surface area contributed by atoms with E-state index in [2.05, 4.69) is 143 Å². The minimum absolute atomic E-state index is 0.942. The minimum atomic E-state index is -3.25. The molecule has 8 rings (SSSR count). The van der Waals surface area contributed by atoms with E-state index in [4.69, 9.17) is 0 Å². The Bertz CT molecular complexity index is 2030. The van der Waals surface area contributed by atoms with Gasteiger partial charge in [-0.3, -0.25) is 13.9 Å². The highest BCUT2D eigenvalue weighted by Crippen LogP contribution is 2.70. The summed E-state index contributed by atoms with van der Waals surface area (Å²) in [6, 6.07) is 54.7. The molecule has 0 saturated carbocycles. The van der Waals surface area contributed by atoms with E-state index in [9.17, 15) is 0 Å². The van der Waals surface area contributed by atoms with Gasteiger partial charge in [0.2, 0.25) is 0 Å². The van der Waals surface area contributed by atoms with E-state index >= 15 is 4.57 Å². The molecule has 0 radical (unpaired) electrons. The highest BCUT2D eigenvalue weighted by atomic mass is 31.2. The number of para-hydroxylation sites is 2. The highest BCUT2D eigenvalue weighted by molar-refractivity contribution is 7.68. The van der Waals surface area contributed by atoms with Crippen molar-refractivity contribution in [3.05, 3.63) is 158 Å². The van der Waals surface area contributed by atoms with Crippen LogP contribution in [0, 0.1) is 0 Å². The van der Waals surface area contributed by atoms with Gasteiger partial charge in [0.15, 0.2) is 0 Å². The van der Waals surface area contributed by atoms with Gasteiger partial charge in [-0.15, -0.1) is 0 Å². The number of fused-ring (bicyclic) bond motifs is 3. The van der Waals surface area contributed by atoms with Gasteiger partial charge in [-0.2, -0.15) is 0 Å². The second kappa shape index (κ2) is 10.0. The minimum Gasteiger partial charge on any atom is -0.275 e. The summed E-state index contributed by atoms with van der Waals surface area (Å²) in [5, 5.41) is 4.42. The predicted octanol–water partition coefficient (Wildman–Crippen LogP) is 11.4. The Balaban J connectivity index is 1.40. The Labute approximate surface area is 251 Å². The quantitative estimate of drug-likeness (QED) is 0.196. The van der Waals surface area contributed by atoms with Gasteiger partial charge in [0.05, 0.1) is 22.7 Å². The molecule has 0 saturated heterocycles. The van der Waals surface area contributed by atoms with Crippen molar-refractivity contribution >= 4 is 51.7 Å². The lowest BCUT2D eigenvalue weighted by Gasteiger charge is -2.32. The van der Waals surface area contributed by atoms with Crippen LogP contribution in [0.2, 0.25) is 0 Å². The van der Waals surface area contributed by atoms with Gasteiger partial charge in [0.25, 0.3) is 7.44 Å². The maximum Gasteiger partial charge on any atom is 0.269 e. The first kappa shape index (κ1) is 25.6. The molecule has 0 bridgehead atoms. The summed E-state index contributed by atoms with van der Waals surface area (Å²) in [6.45, 7) is 1.90. The molecule has 206 valence electrons. The molecule has 0 spiro atoms. The third-order valence-corrected chi connectivity index (χ3v) is 10.8. The largest absolute Gasteiger partial charge is 0.275 e. The number of benzene rings is 7. The lowest BCUT2D eigenvalue weighted by atomic mass is 9.96. The van der Waals surface area contributed by atoms with Crippen molar-refractivity contribution in [3.63, 3.8) is 0 Å². The molecule has 0 amide bonds. The summed E-state index contributed by atoms with van der Waals surface area (Å²) in [7, 11) is -3.25. The summed E-state index contributed by atoms with van der Waals surface area (Å²) in [4.78, 5) is 0. The Morgan fingerprint density at radius 1 is 0.395 bits per heavy atom. The second-order valence-corrected chi connectivity index (χ2v) is 13.5. The maximum absolute atomic E-state index is 15.6. The normalized spacial score (nSPS) is 13.9. The van der Waals surface area contributed by atoms with Crippen LogP contribution in [-0.4, -0.2) is 6.66 Å². The van der Waals surface area contributed by atoms with Gasteiger partial charge in [0.1, 0.15) is 0 Å². The highest BCUT2D eigenvalue weighted by Gasteiger charge is 2.45. The molecular weight excluding hydrogens is 543 g/mol. The zero-order valence-electron chi connectivity index (χ0n) is 23.8. The van der Waals surface area contributed by atoms with Crippen LogP contribution in [0.4, 0.5) is 22.7 Å². The van der Waals surface area contributed by atoms with Crippen LogP contribution in [0.1, 0.15) is 0 Å². The van der Waals surface area contributed by atoms with Gasteiger partial charge >= 0.3 is 0 Å². The summed E-state index contributed by atoms with van der Waals surface area (Å²) in [5.41, 5.74) is 8.30. The van der Waals surface area contributed by atoms with Crippen LogP contribution in [-0.2, 0) is 4.57 Å². The number of nitrogens with zero attached hydrogens (tertiary/aromatic N) is 2. The molecule has 1 heterocycles. The molecule has 0 atom stereocenters. The summed E-state index contributed by atoms with van der Waals surface area (Å²) in [6.07, 6.45) is 0. The van der Waals surface area contributed by atoms with Gasteiger partial charge in [-0.05, 0) is 57.3 Å². The molecule has 7 aromatic rings. The van der Waals surface area contributed by atoms with Gasteiger partial charge in [0, 0.05) is 17.4 Å². The third-order valence-electron chi connectivity index (χ3n) is 8.47. The van der Waals surface area contributed by atoms with Crippen molar-refractivity contribution in [1.29, 1.82) is 0 Å². The Hall–Kier alpha value is -5.11. The maximum atomic E-state index is 15.6. The first-order valence-electron chi connectivity index (χ1n) is 14.5. The van der Waals surface area contributed by atoms with Crippen LogP contribution in [0.5, 0.6) is 0 Å². The van der Waals surface area contributed by atoms with Gasteiger partial charge < -0.3 is 0 Å². The predicted molar refractivity (Wildman–Crippen MR) is 183 cm³/mol. The molecule has 0 aliphatic carbocycles. The van der Waals surface area contributed by atoms with Crippen LogP contribution in [0.15, 0.2) is 158 Å². The van der Waals surface area contributed by atoms with E-state index in [0.717, 1.165) is 66.5 Å². The molecular formula is C39H29N2OP. The van der Waals surface area contributed by atoms with Gasteiger partial charge in [-0.1, -0.05) is 133 Å². The van der Waals surface area contributed by atoms with Crippen molar-refractivity contribution in [3.8, 4) is 22.3 Å². The smallest absolute Gasteiger partial charge is 0.269 e. The number of hydrogen-bond acceptors (Lipinski definition) is 1. The molecule has 0 fully saturated rings. The molecule has 0 unspecified atom stereocenters. The monoisotopic (exact) mass is 572 g/mol.